The number of hydrogen-bond acceptors (Lipinski definition) is 3. The molecule has 1 fully saturated rings. The van der Waals surface area contributed by atoms with Crippen LogP contribution in [0, 0.1) is 12.8 Å². The predicted octanol–water partition coefficient (Wildman–Crippen LogP) is 5.59. The van der Waals surface area contributed by atoms with E-state index in [1.165, 1.54) is 0 Å². The fourth-order valence-corrected chi connectivity index (χ4v) is 4.27. The zero-order valence-electron chi connectivity index (χ0n) is 14.0. The van der Waals surface area contributed by atoms with E-state index in [0.29, 0.717) is 11.6 Å². The van der Waals surface area contributed by atoms with Crippen LogP contribution in [0.3, 0.4) is 0 Å². The largest absolute Gasteiger partial charge is 0.283 e. The second-order valence-corrected chi connectivity index (χ2v) is 7.97. The van der Waals surface area contributed by atoms with Crippen LogP contribution >= 0.6 is 22.9 Å². The van der Waals surface area contributed by atoms with Crippen molar-refractivity contribution in [3.8, 4) is 0 Å². The molecule has 1 heterocycles. The molecule has 0 radical (unpaired) electrons. The summed E-state index contributed by atoms with van der Waals surface area (Å²) < 4.78 is 1.07. The van der Waals surface area contributed by atoms with Gasteiger partial charge in [-0.05, 0) is 43.0 Å². The van der Waals surface area contributed by atoms with Crippen LogP contribution in [-0.2, 0) is 11.3 Å². The monoisotopic (exact) mass is 370 g/mol. The van der Waals surface area contributed by atoms with Gasteiger partial charge >= 0.3 is 0 Å². The van der Waals surface area contributed by atoms with E-state index in [0.717, 1.165) is 45.7 Å². The van der Waals surface area contributed by atoms with Crippen LogP contribution in [0.5, 0.6) is 0 Å². The first-order valence-electron chi connectivity index (χ1n) is 8.54. The summed E-state index contributed by atoms with van der Waals surface area (Å²) in [7, 11) is 0. The van der Waals surface area contributed by atoms with Crippen LogP contribution in [0.15, 0.2) is 42.5 Å². The van der Waals surface area contributed by atoms with Crippen molar-refractivity contribution < 1.29 is 4.79 Å². The van der Waals surface area contributed by atoms with Gasteiger partial charge in [0.15, 0.2) is 5.13 Å². The number of carbonyl (C=O) groups excluding carboxylic acids is 1. The van der Waals surface area contributed by atoms with E-state index in [1.807, 2.05) is 42.2 Å². The maximum atomic E-state index is 13.0. The number of benzene rings is 2. The number of aryl methyl sites for hydroxylation is 1. The van der Waals surface area contributed by atoms with Crippen molar-refractivity contribution >= 4 is 44.2 Å². The highest BCUT2D eigenvalue weighted by Crippen LogP contribution is 2.36. The van der Waals surface area contributed by atoms with Crippen molar-refractivity contribution in [2.24, 2.45) is 5.92 Å². The first kappa shape index (κ1) is 16.6. The molecule has 0 bridgehead atoms. The molecule has 25 heavy (non-hydrogen) atoms. The van der Waals surface area contributed by atoms with E-state index in [9.17, 15) is 4.79 Å². The van der Waals surface area contributed by atoms with Gasteiger partial charge in [0, 0.05) is 10.9 Å². The molecule has 3 aromatic rings. The SMILES string of the molecule is Cc1c(Cl)ccc2sc(N(Cc3ccccc3)C(=O)C3CCC3)nc12. The quantitative estimate of drug-likeness (QED) is 0.599. The molecular weight excluding hydrogens is 352 g/mol. The Balaban J connectivity index is 1.74. The lowest BCUT2D eigenvalue weighted by molar-refractivity contribution is -0.124. The lowest BCUT2D eigenvalue weighted by Crippen LogP contribution is -2.38. The Hall–Kier alpha value is -1.91. The minimum absolute atomic E-state index is 0.139. The second-order valence-electron chi connectivity index (χ2n) is 6.55. The average molecular weight is 371 g/mol. The number of aromatic nitrogens is 1. The van der Waals surface area contributed by atoms with E-state index in [4.69, 9.17) is 16.6 Å². The summed E-state index contributed by atoms with van der Waals surface area (Å²) in [5.74, 6) is 0.332. The molecule has 0 atom stereocenters. The molecule has 128 valence electrons. The van der Waals surface area contributed by atoms with Gasteiger partial charge in [0.2, 0.25) is 5.91 Å². The van der Waals surface area contributed by atoms with Gasteiger partial charge < -0.3 is 0 Å². The molecule has 0 saturated heterocycles. The number of thiazole rings is 1. The summed E-state index contributed by atoms with van der Waals surface area (Å²) in [4.78, 5) is 19.7. The lowest BCUT2D eigenvalue weighted by Gasteiger charge is -2.30. The Morgan fingerprint density at radius 3 is 2.68 bits per heavy atom. The van der Waals surface area contributed by atoms with Crippen molar-refractivity contribution in [2.75, 3.05) is 4.90 Å². The van der Waals surface area contributed by atoms with E-state index < -0.39 is 0 Å². The number of amides is 1. The summed E-state index contributed by atoms with van der Waals surface area (Å²) in [6.45, 7) is 2.53. The number of rotatable bonds is 4. The third-order valence-electron chi connectivity index (χ3n) is 4.87. The number of hydrogen-bond donors (Lipinski definition) is 0. The van der Waals surface area contributed by atoms with Crippen LogP contribution in [-0.4, -0.2) is 10.9 Å². The highest BCUT2D eigenvalue weighted by molar-refractivity contribution is 7.22. The van der Waals surface area contributed by atoms with Gasteiger partial charge in [-0.3, -0.25) is 9.69 Å². The second kappa shape index (κ2) is 6.77. The lowest BCUT2D eigenvalue weighted by atomic mass is 9.84. The van der Waals surface area contributed by atoms with Gasteiger partial charge in [-0.1, -0.05) is 59.7 Å². The minimum atomic E-state index is 0.139. The van der Waals surface area contributed by atoms with E-state index in [1.54, 1.807) is 11.3 Å². The molecular formula is C20H19ClN2OS. The van der Waals surface area contributed by atoms with Gasteiger partial charge in [-0.15, -0.1) is 0 Å². The smallest absolute Gasteiger partial charge is 0.232 e. The fraction of sp³-hybridized carbons (Fsp3) is 0.300. The van der Waals surface area contributed by atoms with E-state index in [2.05, 4.69) is 12.1 Å². The molecule has 0 spiro atoms. The molecule has 0 unspecified atom stereocenters. The van der Waals surface area contributed by atoms with E-state index in [-0.39, 0.29) is 11.8 Å². The first-order valence-corrected chi connectivity index (χ1v) is 9.74. The average Bonchev–Trinajstić information content (AvgIpc) is 3.00. The van der Waals surface area contributed by atoms with Gasteiger partial charge in [-0.2, -0.15) is 0 Å². The molecule has 1 aromatic heterocycles. The Bertz CT molecular complexity index is 918. The third kappa shape index (κ3) is 3.16. The normalized spacial score (nSPS) is 14.5. The molecule has 1 aliphatic rings. The topological polar surface area (TPSA) is 33.2 Å². The minimum Gasteiger partial charge on any atom is -0.283 e. The Kier molecular flexibility index (Phi) is 4.48. The van der Waals surface area contributed by atoms with Crippen LogP contribution in [0.4, 0.5) is 5.13 Å². The summed E-state index contributed by atoms with van der Waals surface area (Å²) in [6.07, 6.45) is 3.11. The maximum absolute atomic E-state index is 13.0. The molecule has 2 aromatic carbocycles. The molecule has 5 heteroatoms. The summed E-state index contributed by atoms with van der Waals surface area (Å²) in [5.41, 5.74) is 2.98. The number of anilines is 1. The zero-order chi connectivity index (χ0) is 17.4. The highest BCUT2D eigenvalue weighted by Gasteiger charge is 2.31. The van der Waals surface area contributed by atoms with Gasteiger partial charge in [0.05, 0.1) is 16.8 Å². The van der Waals surface area contributed by atoms with Crippen LogP contribution in [0.2, 0.25) is 5.02 Å². The van der Waals surface area contributed by atoms with Crippen molar-refractivity contribution in [1.29, 1.82) is 0 Å². The van der Waals surface area contributed by atoms with Crippen LogP contribution in [0.25, 0.3) is 10.2 Å². The summed E-state index contributed by atoms with van der Waals surface area (Å²) >= 11 is 7.80. The zero-order valence-corrected chi connectivity index (χ0v) is 15.6. The van der Waals surface area contributed by atoms with Crippen LogP contribution in [0.1, 0.15) is 30.4 Å². The van der Waals surface area contributed by atoms with E-state index >= 15 is 0 Å². The number of nitrogens with zero attached hydrogens (tertiary/aromatic N) is 2. The number of carbonyl (C=O) groups is 1. The summed E-state index contributed by atoms with van der Waals surface area (Å²) in [6, 6.07) is 14.0. The standard InChI is InChI=1S/C20H19ClN2OS/c1-13-16(21)10-11-17-18(13)22-20(25-17)23(19(24)15-8-5-9-15)12-14-6-3-2-4-7-14/h2-4,6-7,10-11,15H,5,8-9,12H2,1H3. The van der Waals surface area contributed by atoms with Crippen molar-refractivity contribution in [2.45, 2.75) is 32.7 Å². The summed E-state index contributed by atoms with van der Waals surface area (Å²) in [5, 5.41) is 1.48. The number of halogens is 1. The Morgan fingerprint density at radius 1 is 1.24 bits per heavy atom. The van der Waals surface area contributed by atoms with Crippen LogP contribution < -0.4 is 4.90 Å². The Morgan fingerprint density at radius 2 is 2.00 bits per heavy atom. The molecule has 0 N–H and O–H groups in total. The molecule has 4 rings (SSSR count). The fourth-order valence-electron chi connectivity index (χ4n) is 3.09. The highest BCUT2D eigenvalue weighted by atomic mass is 35.5. The number of fused-ring (bicyclic) bond motifs is 1. The predicted molar refractivity (Wildman–Crippen MR) is 104 cm³/mol. The van der Waals surface area contributed by atoms with Gasteiger partial charge in [0.1, 0.15) is 0 Å². The third-order valence-corrected chi connectivity index (χ3v) is 6.32. The Labute approximate surface area is 156 Å². The van der Waals surface area contributed by atoms with Crippen molar-refractivity contribution in [3.05, 3.63) is 58.6 Å². The molecule has 1 amide bonds. The van der Waals surface area contributed by atoms with Crippen molar-refractivity contribution in [3.63, 3.8) is 0 Å². The molecule has 1 saturated carbocycles. The van der Waals surface area contributed by atoms with Crippen molar-refractivity contribution in [1.82, 2.24) is 4.98 Å². The maximum Gasteiger partial charge on any atom is 0.232 e. The first-order chi connectivity index (χ1) is 12.1. The molecule has 3 nitrogen and oxygen atoms in total. The molecule has 0 aliphatic heterocycles. The molecule has 1 aliphatic carbocycles. The van der Waals surface area contributed by atoms with Gasteiger partial charge in [0.25, 0.3) is 0 Å². The van der Waals surface area contributed by atoms with Gasteiger partial charge in [-0.25, -0.2) is 4.98 Å².